The van der Waals surface area contributed by atoms with E-state index in [1.54, 1.807) is 0 Å². The number of imidazole rings is 1. The maximum Gasteiger partial charge on any atom is 0.253 e. The quantitative estimate of drug-likeness (QED) is 0.522. The largest absolute Gasteiger partial charge is 0.546 e. The number of rotatable bonds is 4. The van der Waals surface area contributed by atoms with Crippen LogP contribution < -0.4 is 9.67 Å². The summed E-state index contributed by atoms with van der Waals surface area (Å²) in [6.45, 7) is 6.80. The molecule has 0 saturated heterocycles. The highest BCUT2D eigenvalue weighted by molar-refractivity contribution is 5.53. The van der Waals surface area contributed by atoms with Crippen LogP contribution in [-0.2, 0) is 11.3 Å². The molecule has 1 rings (SSSR count). The molecule has 0 N–H and O–H groups in total. The lowest BCUT2D eigenvalue weighted by Gasteiger charge is -2.07. The third-order valence-corrected chi connectivity index (χ3v) is 2.30. The number of carbonyl (C=O) groups is 1. The minimum atomic E-state index is -1.48. The highest BCUT2D eigenvalue weighted by atomic mass is 16.7. The average molecular weight is 212 g/mol. The maximum absolute atomic E-state index is 10.0. The topological polar surface area (TPSA) is 58.2 Å². The first-order chi connectivity index (χ1) is 7.02. The Morgan fingerprint density at radius 2 is 2.33 bits per heavy atom. The number of nitrogens with zero attached hydrogens (tertiary/aromatic N) is 2. The van der Waals surface area contributed by atoms with Crippen molar-refractivity contribution in [2.75, 3.05) is 6.61 Å². The van der Waals surface area contributed by atoms with Gasteiger partial charge in [-0.05, 0) is 13.8 Å². The van der Waals surface area contributed by atoms with Crippen LogP contribution in [0.2, 0.25) is 0 Å². The molecule has 1 heterocycles. The minimum absolute atomic E-state index is 0.121. The van der Waals surface area contributed by atoms with Gasteiger partial charge in [-0.1, -0.05) is 0 Å². The Morgan fingerprint density at radius 3 is 2.80 bits per heavy atom. The van der Waals surface area contributed by atoms with Gasteiger partial charge in [0, 0.05) is 6.92 Å². The van der Waals surface area contributed by atoms with Gasteiger partial charge >= 0.3 is 0 Å². The van der Waals surface area contributed by atoms with Gasteiger partial charge in [-0.15, -0.1) is 0 Å². The normalized spacial score (nSPS) is 10.7. The molecule has 1 aromatic heterocycles. The fraction of sp³-hybridized carbons (Fsp3) is 0.600. The van der Waals surface area contributed by atoms with Crippen molar-refractivity contribution < 1.29 is 19.2 Å². The molecule has 0 amide bonds. The maximum atomic E-state index is 10.0. The molecule has 0 aromatic carbocycles. The molecule has 0 aliphatic heterocycles. The van der Waals surface area contributed by atoms with Gasteiger partial charge in [0.25, 0.3) is 12.0 Å². The fourth-order valence-corrected chi connectivity index (χ4v) is 1.53. The van der Waals surface area contributed by atoms with Gasteiger partial charge < -0.3 is 14.6 Å². The van der Waals surface area contributed by atoms with E-state index in [9.17, 15) is 9.90 Å². The van der Waals surface area contributed by atoms with Crippen molar-refractivity contribution in [3.8, 4) is 0 Å². The molecule has 0 fully saturated rings. The minimum Gasteiger partial charge on any atom is -0.546 e. The van der Waals surface area contributed by atoms with E-state index < -0.39 is 6.16 Å². The van der Waals surface area contributed by atoms with Gasteiger partial charge in [-0.25, -0.2) is 9.13 Å². The molecule has 5 heteroatoms. The molecular weight excluding hydrogens is 196 g/mol. The van der Waals surface area contributed by atoms with Crippen LogP contribution in [0.5, 0.6) is 0 Å². The number of hydrogen-bond donors (Lipinski definition) is 0. The highest BCUT2D eigenvalue weighted by Crippen LogP contribution is 2.05. The molecule has 0 atom stereocenters. The number of aromatic nitrogens is 2. The zero-order valence-corrected chi connectivity index (χ0v) is 9.27. The first-order valence-corrected chi connectivity index (χ1v) is 4.93. The van der Waals surface area contributed by atoms with E-state index in [1.807, 2.05) is 23.9 Å². The number of carbonyl (C=O) groups excluding carboxylic acids is 1. The van der Waals surface area contributed by atoms with E-state index in [4.69, 9.17) is 0 Å². The van der Waals surface area contributed by atoms with Crippen LogP contribution in [-0.4, -0.2) is 17.3 Å². The molecule has 15 heavy (non-hydrogen) atoms. The van der Waals surface area contributed by atoms with Gasteiger partial charge in [0.1, 0.15) is 18.9 Å². The van der Waals surface area contributed by atoms with Crippen LogP contribution in [0.3, 0.4) is 0 Å². The lowest BCUT2D eigenvalue weighted by molar-refractivity contribution is -0.703. The second kappa shape index (κ2) is 4.82. The van der Waals surface area contributed by atoms with Crippen molar-refractivity contribution in [1.82, 2.24) is 4.57 Å². The Labute approximate surface area is 88.9 Å². The third kappa shape index (κ3) is 2.97. The van der Waals surface area contributed by atoms with Crippen molar-refractivity contribution in [3.63, 3.8) is 0 Å². The van der Waals surface area contributed by atoms with E-state index in [2.05, 4.69) is 23.2 Å². The van der Waals surface area contributed by atoms with Crippen LogP contribution in [0.4, 0.5) is 4.79 Å². The molecule has 0 saturated carbocycles. The second-order valence-corrected chi connectivity index (χ2v) is 3.64. The zero-order chi connectivity index (χ0) is 11.4. The third-order valence-electron chi connectivity index (χ3n) is 2.30. The van der Waals surface area contributed by atoms with E-state index in [1.165, 1.54) is 0 Å². The van der Waals surface area contributed by atoms with Gasteiger partial charge in [0.15, 0.2) is 0 Å². The van der Waals surface area contributed by atoms with Crippen molar-refractivity contribution in [2.45, 2.75) is 33.4 Å². The number of carboxylic acid groups (broad SMARTS) is 1. The molecule has 1 aromatic rings. The molecule has 84 valence electrons. The van der Waals surface area contributed by atoms with Crippen molar-refractivity contribution >= 4 is 6.16 Å². The summed E-state index contributed by atoms with van der Waals surface area (Å²) in [5, 5.41) is 10.0. The summed E-state index contributed by atoms with van der Waals surface area (Å²) in [4.78, 5) is 10.0. The predicted molar refractivity (Wildman–Crippen MR) is 51.1 cm³/mol. The standard InChI is InChI=1S/C10H16N2O3/c1-8(2)12-5-4-11(9(12)3)6-7-15-10(13)14/h4-5,8H,6-7H2,1-3H3. The van der Waals surface area contributed by atoms with Gasteiger partial charge in [0.05, 0.1) is 12.6 Å². The molecule has 0 aliphatic rings. The van der Waals surface area contributed by atoms with Crippen LogP contribution in [0.15, 0.2) is 12.4 Å². The van der Waals surface area contributed by atoms with E-state index in [0.29, 0.717) is 12.6 Å². The Kier molecular flexibility index (Phi) is 3.71. The van der Waals surface area contributed by atoms with Crippen molar-refractivity contribution in [2.24, 2.45) is 0 Å². The Bertz CT molecular complexity index is 344. The molecule has 0 aliphatic carbocycles. The van der Waals surface area contributed by atoms with Crippen LogP contribution >= 0.6 is 0 Å². The molecule has 0 unspecified atom stereocenters. The molecule has 0 bridgehead atoms. The van der Waals surface area contributed by atoms with Crippen LogP contribution in [0, 0.1) is 6.92 Å². The summed E-state index contributed by atoms with van der Waals surface area (Å²) in [6, 6.07) is 0.397. The first-order valence-electron chi connectivity index (χ1n) is 4.93. The smallest absolute Gasteiger partial charge is 0.253 e. The zero-order valence-electron chi connectivity index (χ0n) is 9.27. The SMILES string of the molecule is Cc1n(C(C)C)cc[n+]1CCOC(=O)[O-]. The van der Waals surface area contributed by atoms with Gasteiger partial charge in [0.2, 0.25) is 0 Å². The molecule has 5 nitrogen and oxygen atoms in total. The summed E-state index contributed by atoms with van der Waals surface area (Å²) in [5.74, 6) is 1.08. The van der Waals surface area contributed by atoms with Crippen LogP contribution in [0.1, 0.15) is 25.7 Å². The average Bonchev–Trinajstić information content (AvgIpc) is 2.47. The van der Waals surface area contributed by atoms with E-state index in [-0.39, 0.29) is 6.61 Å². The van der Waals surface area contributed by atoms with E-state index >= 15 is 0 Å². The molecule has 0 radical (unpaired) electrons. The summed E-state index contributed by atoms with van der Waals surface area (Å²) in [5.41, 5.74) is 0. The first kappa shape index (κ1) is 11.6. The predicted octanol–water partition coefficient (Wildman–Crippen LogP) is 0.0248. The second-order valence-electron chi connectivity index (χ2n) is 3.64. The fourth-order valence-electron chi connectivity index (χ4n) is 1.53. The lowest BCUT2D eigenvalue weighted by Crippen LogP contribution is -2.39. The summed E-state index contributed by atoms with van der Waals surface area (Å²) in [6.07, 6.45) is 2.41. The number of hydrogen-bond acceptors (Lipinski definition) is 3. The molecule has 0 spiro atoms. The summed E-state index contributed by atoms with van der Waals surface area (Å²) < 4.78 is 8.40. The Hall–Kier alpha value is -1.52. The van der Waals surface area contributed by atoms with Crippen molar-refractivity contribution in [1.29, 1.82) is 0 Å². The highest BCUT2D eigenvalue weighted by Gasteiger charge is 2.13. The Balaban J connectivity index is 2.59. The van der Waals surface area contributed by atoms with Gasteiger partial charge in [-0.3, -0.25) is 0 Å². The number of ether oxygens (including phenoxy) is 1. The Morgan fingerprint density at radius 1 is 1.67 bits per heavy atom. The van der Waals surface area contributed by atoms with Crippen LogP contribution in [0.25, 0.3) is 0 Å². The summed E-state index contributed by atoms with van der Waals surface area (Å²) in [7, 11) is 0. The summed E-state index contributed by atoms with van der Waals surface area (Å²) >= 11 is 0. The van der Waals surface area contributed by atoms with Gasteiger partial charge in [-0.2, -0.15) is 0 Å². The molecular formula is C10H16N2O3. The van der Waals surface area contributed by atoms with Crippen molar-refractivity contribution in [3.05, 3.63) is 18.2 Å². The monoisotopic (exact) mass is 212 g/mol. The van der Waals surface area contributed by atoms with E-state index in [0.717, 1.165) is 5.82 Å². The lowest BCUT2D eigenvalue weighted by atomic mass is 10.4.